The lowest BCUT2D eigenvalue weighted by molar-refractivity contribution is -0.132. The molecule has 1 aliphatic rings. The molecule has 0 bridgehead atoms. The van der Waals surface area contributed by atoms with Gasteiger partial charge in [-0.1, -0.05) is 62.7 Å². The molecular formula is C30H30ClNO5. The van der Waals surface area contributed by atoms with Gasteiger partial charge in [0, 0.05) is 16.3 Å². The Morgan fingerprint density at radius 1 is 0.919 bits per heavy atom. The van der Waals surface area contributed by atoms with E-state index in [2.05, 4.69) is 20.8 Å². The number of hydrogen-bond donors (Lipinski definition) is 1. The molecule has 3 aromatic carbocycles. The van der Waals surface area contributed by atoms with Gasteiger partial charge in [-0.05, 0) is 59.4 Å². The number of anilines is 1. The molecule has 1 atom stereocenters. The maximum Gasteiger partial charge on any atom is 0.300 e. The summed E-state index contributed by atoms with van der Waals surface area (Å²) in [5, 5.41) is 11.9. The van der Waals surface area contributed by atoms with E-state index in [1.54, 1.807) is 36.4 Å². The van der Waals surface area contributed by atoms with Crippen LogP contribution in [-0.4, -0.2) is 31.0 Å². The zero-order valence-electron chi connectivity index (χ0n) is 21.8. The number of Topliss-reactive ketones (excluding diaryl/α,β-unsaturated/α-hetero) is 1. The Bertz CT molecular complexity index is 1400. The maximum atomic E-state index is 13.4. The minimum atomic E-state index is -0.860. The summed E-state index contributed by atoms with van der Waals surface area (Å²) in [6, 6.07) is 16.9. The summed E-state index contributed by atoms with van der Waals surface area (Å²) in [5.74, 6) is -0.967. The van der Waals surface area contributed by atoms with E-state index < -0.39 is 17.7 Å². The first-order valence-electron chi connectivity index (χ1n) is 11.9. The average molecular weight is 520 g/mol. The van der Waals surface area contributed by atoms with Gasteiger partial charge in [-0.25, -0.2) is 0 Å². The number of ketones is 1. The molecule has 1 saturated heterocycles. The molecule has 4 rings (SSSR count). The predicted molar refractivity (Wildman–Crippen MR) is 146 cm³/mol. The van der Waals surface area contributed by atoms with Crippen molar-refractivity contribution in [2.75, 3.05) is 19.1 Å². The van der Waals surface area contributed by atoms with Crippen molar-refractivity contribution in [1.29, 1.82) is 0 Å². The summed E-state index contributed by atoms with van der Waals surface area (Å²) in [5.41, 5.74) is 3.33. The normalized spacial score (nSPS) is 17.3. The van der Waals surface area contributed by atoms with Gasteiger partial charge in [0.05, 0.1) is 25.8 Å². The van der Waals surface area contributed by atoms with Crippen molar-refractivity contribution in [3.63, 3.8) is 0 Å². The van der Waals surface area contributed by atoms with Crippen LogP contribution in [0.25, 0.3) is 5.76 Å². The van der Waals surface area contributed by atoms with Gasteiger partial charge in [-0.3, -0.25) is 14.5 Å². The number of hydrogen-bond acceptors (Lipinski definition) is 5. The summed E-state index contributed by atoms with van der Waals surface area (Å²) in [4.78, 5) is 28.3. The van der Waals surface area contributed by atoms with E-state index in [-0.39, 0.29) is 16.7 Å². The Balaban J connectivity index is 1.94. The molecule has 1 amide bonds. The minimum absolute atomic E-state index is 0.0163. The summed E-state index contributed by atoms with van der Waals surface area (Å²) < 4.78 is 10.7. The molecule has 1 heterocycles. The minimum Gasteiger partial charge on any atom is -0.507 e. The summed E-state index contributed by atoms with van der Waals surface area (Å²) in [6.07, 6.45) is 0. The van der Waals surface area contributed by atoms with E-state index in [1.807, 2.05) is 31.2 Å². The number of aliphatic hydroxyl groups excluding tert-OH is 1. The molecule has 192 valence electrons. The smallest absolute Gasteiger partial charge is 0.300 e. The number of benzene rings is 3. The number of ether oxygens (including phenoxy) is 2. The Morgan fingerprint density at radius 3 is 2.14 bits per heavy atom. The highest BCUT2D eigenvalue weighted by Gasteiger charge is 2.47. The van der Waals surface area contributed by atoms with Gasteiger partial charge < -0.3 is 14.6 Å². The van der Waals surface area contributed by atoms with Crippen molar-refractivity contribution in [1.82, 2.24) is 0 Å². The Hall–Kier alpha value is -3.77. The molecule has 1 N–H and O–H groups in total. The summed E-state index contributed by atoms with van der Waals surface area (Å²) in [7, 11) is 3.00. The van der Waals surface area contributed by atoms with Crippen LogP contribution in [0.3, 0.4) is 0 Å². The van der Waals surface area contributed by atoms with Gasteiger partial charge in [0.2, 0.25) is 0 Å². The van der Waals surface area contributed by atoms with E-state index in [1.165, 1.54) is 19.1 Å². The van der Waals surface area contributed by atoms with Gasteiger partial charge in [0.15, 0.2) is 11.5 Å². The van der Waals surface area contributed by atoms with Gasteiger partial charge >= 0.3 is 0 Å². The van der Waals surface area contributed by atoms with Crippen molar-refractivity contribution >= 4 is 34.7 Å². The number of halogens is 1. The van der Waals surface area contributed by atoms with E-state index in [9.17, 15) is 14.7 Å². The number of methoxy groups -OCH3 is 2. The topological polar surface area (TPSA) is 76.1 Å². The van der Waals surface area contributed by atoms with Crippen molar-refractivity contribution in [2.45, 2.75) is 39.2 Å². The number of carbonyl (C=O) groups excluding carboxylic acids is 2. The number of rotatable bonds is 5. The lowest BCUT2D eigenvalue weighted by Gasteiger charge is -2.27. The quantitative estimate of drug-likeness (QED) is 0.234. The Labute approximate surface area is 222 Å². The van der Waals surface area contributed by atoms with Crippen molar-refractivity contribution in [2.24, 2.45) is 0 Å². The molecule has 37 heavy (non-hydrogen) atoms. The summed E-state index contributed by atoms with van der Waals surface area (Å²) in [6.45, 7) is 8.19. The van der Waals surface area contributed by atoms with Gasteiger partial charge in [-0.2, -0.15) is 0 Å². The highest BCUT2D eigenvalue weighted by molar-refractivity contribution is 6.51. The zero-order chi connectivity index (χ0) is 27.1. The number of nitrogens with zero attached hydrogens (tertiary/aromatic N) is 1. The van der Waals surface area contributed by atoms with Crippen LogP contribution in [0, 0.1) is 6.92 Å². The first kappa shape index (κ1) is 26.3. The first-order chi connectivity index (χ1) is 17.5. The molecule has 0 spiro atoms. The molecule has 0 radical (unpaired) electrons. The Kier molecular flexibility index (Phi) is 7.07. The molecule has 6 nitrogen and oxygen atoms in total. The van der Waals surface area contributed by atoms with Crippen LogP contribution >= 0.6 is 11.6 Å². The fourth-order valence-corrected chi connectivity index (χ4v) is 4.63. The maximum absolute atomic E-state index is 13.4. The molecule has 1 unspecified atom stereocenters. The summed E-state index contributed by atoms with van der Waals surface area (Å²) >= 11 is 6.39. The van der Waals surface area contributed by atoms with E-state index in [0.717, 1.165) is 11.1 Å². The van der Waals surface area contributed by atoms with Gasteiger partial charge in [-0.15, -0.1) is 0 Å². The number of amides is 1. The molecular weight excluding hydrogens is 490 g/mol. The van der Waals surface area contributed by atoms with E-state index in [4.69, 9.17) is 21.1 Å². The largest absolute Gasteiger partial charge is 0.507 e. The second-order valence-electron chi connectivity index (χ2n) is 10.0. The van der Waals surface area contributed by atoms with Crippen LogP contribution in [0.5, 0.6) is 11.5 Å². The van der Waals surface area contributed by atoms with Gasteiger partial charge in [0.25, 0.3) is 11.7 Å². The van der Waals surface area contributed by atoms with Crippen LogP contribution in [0.2, 0.25) is 5.02 Å². The SMILES string of the molecule is COc1ccc(/C(O)=C2\C(=O)C(=O)N(c3ccc(C)c(Cl)c3)C2c2ccc(C(C)(C)C)cc2)cc1OC. The van der Waals surface area contributed by atoms with Crippen molar-refractivity contribution in [3.05, 3.63) is 93.5 Å². The van der Waals surface area contributed by atoms with Crippen LogP contribution in [-0.2, 0) is 15.0 Å². The molecule has 1 aliphatic heterocycles. The van der Waals surface area contributed by atoms with E-state index >= 15 is 0 Å². The first-order valence-corrected chi connectivity index (χ1v) is 12.3. The van der Waals surface area contributed by atoms with E-state index in [0.29, 0.717) is 33.3 Å². The number of carbonyl (C=O) groups is 2. The highest BCUT2D eigenvalue weighted by atomic mass is 35.5. The highest BCUT2D eigenvalue weighted by Crippen LogP contribution is 2.44. The third kappa shape index (κ3) is 4.81. The Morgan fingerprint density at radius 2 is 1.57 bits per heavy atom. The number of aliphatic hydroxyl groups is 1. The molecule has 3 aromatic rings. The third-order valence-corrected chi connectivity index (χ3v) is 7.03. The molecule has 7 heteroatoms. The fraction of sp³-hybridized carbons (Fsp3) is 0.267. The van der Waals surface area contributed by atoms with Crippen molar-refractivity contribution in [3.8, 4) is 11.5 Å². The van der Waals surface area contributed by atoms with Crippen LogP contribution in [0.15, 0.2) is 66.2 Å². The second kappa shape index (κ2) is 9.94. The van der Waals surface area contributed by atoms with Gasteiger partial charge in [0.1, 0.15) is 5.76 Å². The lowest BCUT2D eigenvalue weighted by atomic mass is 9.85. The molecule has 1 fully saturated rings. The fourth-order valence-electron chi connectivity index (χ4n) is 4.45. The lowest BCUT2D eigenvalue weighted by Crippen LogP contribution is -2.29. The third-order valence-electron chi connectivity index (χ3n) is 6.63. The van der Waals surface area contributed by atoms with Crippen LogP contribution in [0.1, 0.15) is 49.1 Å². The van der Waals surface area contributed by atoms with Crippen LogP contribution in [0.4, 0.5) is 5.69 Å². The number of aryl methyl sites for hydroxylation is 1. The van der Waals surface area contributed by atoms with Crippen molar-refractivity contribution < 1.29 is 24.2 Å². The predicted octanol–water partition coefficient (Wildman–Crippen LogP) is 6.59. The molecule has 0 aliphatic carbocycles. The second-order valence-corrected chi connectivity index (χ2v) is 10.5. The monoisotopic (exact) mass is 519 g/mol. The zero-order valence-corrected chi connectivity index (χ0v) is 22.5. The molecule has 0 aromatic heterocycles. The molecule has 0 saturated carbocycles. The van der Waals surface area contributed by atoms with Crippen LogP contribution < -0.4 is 14.4 Å². The standard InChI is InChI=1S/C30H30ClNO5/c1-17-7-13-21(16-22(17)31)32-26(18-8-11-20(12-9-18)30(2,3)4)25(28(34)29(32)35)27(33)19-10-14-23(36-5)24(15-19)37-6/h7-16,26,33H,1-6H3/b27-25+. The average Bonchev–Trinajstić information content (AvgIpc) is 3.14.